The molecule has 1 saturated heterocycles. The third-order valence-corrected chi connectivity index (χ3v) is 2.30. The summed E-state index contributed by atoms with van der Waals surface area (Å²) in [5.74, 6) is 0.374. The topological polar surface area (TPSA) is 67.2 Å². The van der Waals surface area contributed by atoms with Gasteiger partial charge >= 0.3 is 0 Å². The van der Waals surface area contributed by atoms with Gasteiger partial charge in [0.05, 0.1) is 6.61 Å². The Bertz CT molecular complexity index is 383. The van der Waals surface area contributed by atoms with Gasteiger partial charge in [0, 0.05) is 19.3 Å². The van der Waals surface area contributed by atoms with E-state index in [0.717, 1.165) is 13.1 Å². The highest BCUT2D eigenvalue weighted by Gasteiger charge is 2.15. The zero-order valence-electron chi connectivity index (χ0n) is 8.85. The van der Waals surface area contributed by atoms with Crippen molar-refractivity contribution in [3.63, 3.8) is 0 Å². The molecule has 16 heavy (non-hydrogen) atoms. The number of aromatic nitrogens is 1. The number of pyridine rings is 1. The van der Waals surface area contributed by atoms with Crippen LogP contribution in [0.25, 0.3) is 0 Å². The summed E-state index contributed by atoms with van der Waals surface area (Å²) in [7, 11) is 0. The van der Waals surface area contributed by atoms with Crippen molar-refractivity contribution in [1.29, 1.82) is 5.26 Å². The van der Waals surface area contributed by atoms with Gasteiger partial charge in [0.25, 0.3) is 0 Å². The Kier molecular flexibility index (Phi) is 3.70. The van der Waals surface area contributed by atoms with Crippen molar-refractivity contribution in [1.82, 2.24) is 10.3 Å². The maximum absolute atomic E-state index is 8.84. The Morgan fingerprint density at radius 3 is 3.38 bits per heavy atom. The molecule has 0 amide bonds. The summed E-state index contributed by atoms with van der Waals surface area (Å²) in [6, 6.07) is 5.43. The van der Waals surface area contributed by atoms with E-state index in [9.17, 15) is 0 Å². The minimum absolute atomic E-state index is 0.0299. The minimum atomic E-state index is 0.0299. The molecule has 1 fully saturated rings. The highest BCUT2D eigenvalue weighted by molar-refractivity contribution is 5.36. The lowest BCUT2D eigenvalue weighted by Gasteiger charge is -2.23. The lowest BCUT2D eigenvalue weighted by atomic mass is 10.3. The molecule has 2 rings (SSSR count). The van der Waals surface area contributed by atoms with Gasteiger partial charge in [-0.2, -0.15) is 5.26 Å². The number of hydrogen-bond donors (Lipinski definition) is 1. The van der Waals surface area contributed by atoms with Gasteiger partial charge in [0.15, 0.2) is 0 Å². The number of hydrogen-bond acceptors (Lipinski definition) is 5. The fourth-order valence-electron chi connectivity index (χ4n) is 1.49. The van der Waals surface area contributed by atoms with Crippen molar-refractivity contribution in [3.05, 3.63) is 23.9 Å². The van der Waals surface area contributed by atoms with E-state index in [1.54, 1.807) is 18.3 Å². The average molecular weight is 219 g/mol. The molecule has 0 aromatic carbocycles. The Hall–Kier alpha value is -1.64. The van der Waals surface area contributed by atoms with Gasteiger partial charge in [0.1, 0.15) is 24.3 Å². The molecule has 0 aliphatic carbocycles. The summed E-state index contributed by atoms with van der Waals surface area (Å²) in [5, 5.41) is 12.1. The van der Waals surface area contributed by atoms with Gasteiger partial charge in [0.2, 0.25) is 5.88 Å². The molecule has 1 N–H and O–H groups in total. The zero-order chi connectivity index (χ0) is 11.2. The first-order valence-corrected chi connectivity index (χ1v) is 5.20. The summed E-state index contributed by atoms with van der Waals surface area (Å²) in [6.07, 6.45) is 1.64. The van der Waals surface area contributed by atoms with Gasteiger partial charge in [-0.1, -0.05) is 0 Å². The number of morpholine rings is 1. The molecule has 1 aliphatic heterocycles. The zero-order valence-corrected chi connectivity index (χ0v) is 8.85. The van der Waals surface area contributed by atoms with Crippen LogP contribution in [0.3, 0.4) is 0 Å². The van der Waals surface area contributed by atoms with Crippen LogP contribution in [0.1, 0.15) is 5.56 Å². The molecule has 5 nitrogen and oxygen atoms in total. The first-order valence-electron chi connectivity index (χ1n) is 5.20. The normalized spacial score (nSPS) is 20.1. The smallest absolute Gasteiger partial charge is 0.231 e. The minimum Gasteiger partial charge on any atom is -0.474 e. The molecule has 0 spiro atoms. The highest BCUT2D eigenvalue weighted by Crippen LogP contribution is 2.13. The first-order chi connectivity index (χ1) is 7.90. The maximum atomic E-state index is 8.84. The van der Waals surface area contributed by atoms with Crippen LogP contribution in [0.5, 0.6) is 5.88 Å². The summed E-state index contributed by atoms with van der Waals surface area (Å²) >= 11 is 0. The van der Waals surface area contributed by atoms with E-state index in [1.165, 1.54) is 0 Å². The van der Waals surface area contributed by atoms with Crippen LogP contribution in [0.15, 0.2) is 18.3 Å². The quantitative estimate of drug-likeness (QED) is 0.793. The molecule has 1 unspecified atom stereocenters. The third-order valence-electron chi connectivity index (χ3n) is 2.30. The van der Waals surface area contributed by atoms with E-state index < -0.39 is 0 Å². The average Bonchev–Trinajstić information content (AvgIpc) is 2.38. The molecule has 5 heteroatoms. The van der Waals surface area contributed by atoms with E-state index in [2.05, 4.69) is 10.3 Å². The number of nitriles is 1. The monoisotopic (exact) mass is 219 g/mol. The molecule has 2 heterocycles. The Labute approximate surface area is 94.0 Å². The van der Waals surface area contributed by atoms with Crippen molar-refractivity contribution in [2.75, 3.05) is 26.3 Å². The fraction of sp³-hybridized carbons (Fsp3) is 0.455. The molecular formula is C11H13N3O2. The molecule has 1 aromatic heterocycles. The Balaban J connectivity index is 1.91. The van der Waals surface area contributed by atoms with Crippen molar-refractivity contribution in [2.45, 2.75) is 6.10 Å². The largest absolute Gasteiger partial charge is 0.474 e. The predicted molar refractivity (Wildman–Crippen MR) is 57.1 cm³/mol. The van der Waals surface area contributed by atoms with Gasteiger partial charge in [-0.15, -0.1) is 0 Å². The van der Waals surface area contributed by atoms with Crippen molar-refractivity contribution in [2.24, 2.45) is 0 Å². The van der Waals surface area contributed by atoms with Crippen LogP contribution < -0.4 is 10.1 Å². The van der Waals surface area contributed by atoms with Crippen LogP contribution in [0.2, 0.25) is 0 Å². The SMILES string of the molecule is N#Cc1cccnc1OCC1CNCCO1. The van der Waals surface area contributed by atoms with Crippen molar-refractivity contribution >= 4 is 0 Å². The van der Waals surface area contributed by atoms with E-state index in [0.29, 0.717) is 24.7 Å². The summed E-state index contributed by atoms with van der Waals surface area (Å²) in [5.41, 5.74) is 0.450. The molecule has 0 saturated carbocycles. The second-order valence-electron chi connectivity index (χ2n) is 3.48. The van der Waals surface area contributed by atoms with Crippen LogP contribution in [-0.2, 0) is 4.74 Å². The molecule has 1 aliphatic rings. The fourth-order valence-corrected chi connectivity index (χ4v) is 1.49. The second-order valence-corrected chi connectivity index (χ2v) is 3.48. The van der Waals surface area contributed by atoms with Crippen LogP contribution in [0.4, 0.5) is 0 Å². The number of ether oxygens (including phenoxy) is 2. The van der Waals surface area contributed by atoms with Crippen molar-refractivity contribution < 1.29 is 9.47 Å². The van der Waals surface area contributed by atoms with E-state index >= 15 is 0 Å². The van der Waals surface area contributed by atoms with E-state index in [-0.39, 0.29) is 6.10 Å². The Morgan fingerprint density at radius 2 is 2.62 bits per heavy atom. The summed E-state index contributed by atoms with van der Waals surface area (Å²) in [6.45, 7) is 2.76. The van der Waals surface area contributed by atoms with Crippen molar-refractivity contribution in [3.8, 4) is 11.9 Å². The summed E-state index contributed by atoms with van der Waals surface area (Å²) < 4.78 is 10.9. The highest BCUT2D eigenvalue weighted by atomic mass is 16.5. The lowest BCUT2D eigenvalue weighted by molar-refractivity contribution is -0.000801. The van der Waals surface area contributed by atoms with Gasteiger partial charge in [-0.3, -0.25) is 0 Å². The molecule has 84 valence electrons. The maximum Gasteiger partial charge on any atom is 0.231 e. The molecule has 0 radical (unpaired) electrons. The van der Waals surface area contributed by atoms with Gasteiger partial charge in [-0.25, -0.2) is 4.98 Å². The summed E-state index contributed by atoms with van der Waals surface area (Å²) in [4.78, 5) is 4.01. The van der Waals surface area contributed by atoms with Crippen LogP contribution in [-0.4, -0.2) is 37.4 Å². The van der Waals surface area contributed by atoms with Gasteiger partial charge < -0.3 is 14.8 Å². The lowest BCUT2D eigenvalue weighted by Crippen LogP contribution is -2.41. The molecule has 0 bridgehead atoms. The van der Waals surface area contributed by atoms with Crippen LogP contribution in [0, 0.1) is 11.3 Å². The predicted octanol–water partition coefficient (Wildman–Crippen LogP) is 0.320. The van der Waals surface area contributed by atoms with Crippen LogP contribution >= 0.6 is 0 Å². The number of nitrogens with one attached hydrogen (secondary N) is 1. The number of nitrogens with zero attached hydrogens (tertiary/aromatic N) is 2. The second kappa shape index (κ2) is 5.45. The number of rotatable bonds is 3. The standard InChI is InChI=1S/C11H13N3O2/c12-6-9-2-1-3-14-11(9)16-8-10-7-13-4-5-15-10/h1-3,10,13H,4-5,7-8H2. The molecular weight excluding hydrogens is 206 g/mol. The third kappa shape index (κ3) is 2.69. The van der Waals surface area contributed by atoms with Gasteiger partial charge in [-0.05, 0) is 12.1 Å². The molecule has 1 aromatic rings. The Morgan fingerprint density at radius 1 is 1.69 bits per heavy atom. The van der Waals surface area contributed by atoms with E-state index in [4.69, 9.17) is 14.7 Å². The van der Waals surface area contributed by atoms with E-state index in [1.807, 2.05) is 6.07 Å². The first kappa shape index (κ1) is 10.9. The molecule has 1 atom stereocenters.